The number of hydrogen-bond acceptors (Lipinski definition) is 4. The number of hydrogen-bond donors (Lipinski definition) is 3. The molecule has 0 spiro atoms. The van der Waals surface area contributed by atoms with Crippen molar-refractivity contribution in [2.75, 3.05) is 11.4 Å². The zero-order valence-corrected chi connectivity index (χ0v) is 15.1. The summed E-state index contributed by atoms with van der Waals surface area (Å²) in [4.78, 5) is 26.0. The molecule has 1 aliphatic heterocycles. The Bertz CT molecular complexity index is 983. The van der Waals surface area contributed by atoms with Gasteiger partial charge in [-0.3, -0.25) is 14.8 Å². The molecule has 4 rings (SSSR count). The van der Waals surface area contributed by atoms with Gasteiger partial charge in [0.05, 0.1) is 0 Å². The van der Waals surface area contributed by atoms with Gasteiger partial charge in [0.2, 0.25) is 5.91 Å². The van der Waals surface area contributed by atoms with Crippen LogP contribution < -0.4 is 15.7 Å². The van der Waals surface area contributed by atoms with Gasteiger partial charge in [0.1, 0.15) is 6.04 Å². The van der Waals surface area contributed by atoms with Crippen molar-refractivity contribution in [3.63, 3.8) is 0 Å². The van der Waals surface area contributed by atoms with Crippen molar-refractivity contribution in [3.8, 4) is 5.69 Å². The Balaban J connectivity index is 1.75. The fourth-order valence-corrected chi connectivity index (χ4v) is 3.48. The maximum atomic E-state index is 12.4. The van der Waals surface area contributed by atoms with Gasteiger partial charge in [-0.05, 0) is 61.0 Å². The first-order chi connectivity index (χ1) is 13.7. The number of carbonyl (C=O) groups is 2. The Morgan fingerprint density at radius 1 is 1.07 bits per heavy atom. The van der Waals surface area contributed by atoms with Gasteiger partial charge in [0.25, 0.3) is 5.91 Å². The molecule has 28 heavy (non-hydrogen) atoms. The van der Waals surface area contributed by atoms with E-state index in [1.807, 2.05) is 58.3 Å². The second-order valence-electron chi connectivity index (χ2n) is 6.56. The van der Waals surface area contributed by atoms with Crippen molar-refractivity contribution in [2.24, 2.45) is 0 Å². The van der Waals surface area contributed by atoms with Gasteiger partial charge in [-0.15, -0.1) is 0 Å². The summed E-state index contributed by atoms with van der Waals surface area (Å²) in [6.07, 6.45) is 4.62. The molecule has 2 aromatic carbocycles. The van der Waals surface area contributed by atoms with Crippen LogP contribution in [0.5, 0.6) is 0 Å². The molecule has 1 aliphatic rings. The fraction of sp³-hybridized carbons (Fsp3) is 0.143. The van der Waals surface area contributed by atoms with Crippen molar-refractivity contribution in [2.45, 2.75) is 12.5 Å². The number of carbonyl (C=O) groups excluding carboxylic acids is 2. The molecule has 1 aromatic heterocycles. The van der Waals surface area contributed by atoms with Crippen molar-refractivity contribution in [1.82, 2.24) is 15.4 Å². The van der Waals surface area contributed by atoms with Gasteiger partial charge < -0.3 is 14.8 Å². The second kappa shape index (κ2) is 7.58. The number of benzene rings is 2. The van der Waals surface area contributed by atoms with Crippen LogP contribution in [0, 0.1) is 0 Å². The zero-order chi connectivity index (χ0) is 19.5. The minimum atomic E-state index is -0.577. The molecule has 7 heteroatoms. The molecule has 2 heterocycles. The number of nitrogens with zero attached hydrogens (tertiary/aromatic N) is 2. The Kier molecular flexibility index (Phi) is 4.82. The molecule has 1 fully saturated rings. The molecule has 142 valence electrons. The first kappa shape index (κ1) is 17.8. The monoisotopic (exact) mass is 376 g/mol. The van der Waals surface area contributed by atoms with Gasteiger partial charge in [0, 0.05) is 41.6 Å². The summed E-state index contributed by atoms with van der Waals surface area (Å²) in [6.45, 7) is 0.627. The zero-order valence-electron chi connectivity index (χ0n) is 15.1. The van der Waals surface area contributed by atoms with Crippen molar-refractivity contribution in [1.29, 1.82) is 0 Å². The molecule has 1 unspecified atom stereocenters. The SMILES string of the molecule is O=C(NO)c1ccc(N(c2cccc(-n3cccc3)c2)C2CCNC2=O)cc1. The Hall–Kier alpha value is -3.58. The molecule has 2 amide bonds. The molecule has 0 bridgehead atoms. The molecule has 7 nitrogen and oxygen atoms in total. The minimum Gasteiger partial charge on any atom is -0.354 e. The summed E-state index contributed by atoms with van der Waals surface area (Å²) in [5, 5.41) is 11.7. The smallest absolute Gasteiger partial charge is 0.274 e. The summed E-state index contributed by atoms with van der Waals surface area (Å²) < 4.78 is 2.01. The lowest BCUT2D eigenvalue weighted by molar-refractivity contribution is -0.120. The Morgan fingerprint density at radius 2 is 1.82 bits per heavy atom. The number of anilines is 2. The van der Waals surface area contributed by atoms with Crippen LogP contribution in [0.4, 0.5) is 11.4 Å². The summed E-state index contributed by atoms with van der Waals surface area (Å²) >= 11 is 0. The first-order valence-corrected chi connectivity index (χ1v) is 9.02. The molecule has 0 saturated carbocycles. The highest BCUT2D eigenvalue weighted by atomic mass is 16.5. The van der Waals surface area contributed by atoms with Gasteiger partial charge in [-0.25, -0.2) is 5.48 Å². The van der Waals surface area contributed by atoms with Crippen molar-refractivity contribution < 1.29 is 14.8 Å². The molecule has 0 aliphatic carbocycles. The summed E-state index contributed by atoms with van der Waals surface area (Å²) in [5.74, 6) is -0.602. The van der Waals surface area contributed by atoms with E-state index in [9.17, 15) is 9.59 Å². The highest BCUT2D eigenvalue weighted by molar-refractivity contribution is 5.94. The van der Waals surface area contributed by atoms with Crippen LogP contribution in [0.3, 0.4) is 0 Å². The van der Waals surface area contributed by atoms with E-state index in [1.54, 1.807) is 29.7 Å². The van der Waals surface area contributed by atoms with E-state index < -0.39 is 5.91 Å². The van der Waals surface area contributed by atoms with Gasteiger partial charge in [0.15, 0.2) is 0 Å². The number of nitrogens with one attached hydrogen (secondary N) is 2. The number of amides is 2. The number of rotatable bonds is 5. The van der Waals surface area contributed by atoms with Crippen LogP contribution in [0.1, 0.15) is 16.8 Å². The largest absolute Gasteiger partial charge is 0.354 e. The van der Waals surface area contributed by atoms with Crippen LogP contribution in [-0.4, -0.2) is 34.2 Å². The van der Waals surface area contributed by atoms with Crippen molar-refractivity contribution in [3.05, 3.63) is 78.6 Å². The van der Waals surface area contributed by atoms with E-state index in [-0.39, 0.29) is 11.9 Å². The molecule has 1 atom stereocenters. The summed E-state index contributed by atoms with van der Waals surface area (Å²) in [5.41, 5.74) is 4.63. The maximum Gasteiger partial charge on any atom is 0.274 e. The lowest BCUT2D eigenvalue weighted by Crippen LogP contribution is -2.37. The van der Waals surface area contributed by atoms with E-state index in [1.165, 1.54) is 0 Å². The average molecular weight is 376 g/mol. The highest BCUT2D eigenvalue weighted by Gasteiger charge is 2.31. The number of hydroxylamine groups is 1. The maximum absolute atomic E-state index is 12.4. The van der Waals surface area contributed by atoms with Gasteiger partial charge in [-0.1, -0.05) is 6.07 Å². The minimum absolute atomic E-state index is 0.0245. The van der Waals surface area contributed by atoms with Gasteiger partial charge in [-0.2, -0.15) is 0 Å². The Morgan fingerprint density at radius 3 is 2.46 bits per heavy atom. The van der Waals surface area contributed by atoms with E-state index in [0.717, 1.165) is 17.1 Å². The second-order valence-corrected chi connectivity index (χ2v) is 6.56. The molecular weight excluding hydrogens is 356 g/mol. The van der Waals surface area contributed by atoms with Crippen LogP contribution in [0.2, 0.25) is 0 Å². The van der Waals surface area contributed by atoms with E-state index in [2.05, 4.69) is 5.32 Å². The highest BCUT2D eigenvalue weighted by Crippen LogP contribution is 2.32. The van der Waals surface area contributed by atoms with Gasteiger partial charge >= 0.3 is 0 Å². The van der Waals surface area contributed by atoms with Crippen molar-refractivity contribution >= 4 is 23.2 Å². The topological polar surface area (TPSA) is 86.6 Å². The average Bonchev–Trinajstić information content (AvgIpc) is 3.41. The standard InChI is InChI=1S/C21H20N4O3/c26-20(23-28)15-6-8-16(9-7-15)25(19-10-11-22-21(19)27)18-5-3-4-17(14-18)24-12-1-2-13-24/h1-9,12-14,19,28H,10-11H2,(H,22,27)(H,23,26). The molecule has 3 N–H and O–H groups in total. The summed E-state index contributed by atoms with van der Waals surface area (Å²) in [6, 6.07) is 18.3. The molecular formula is C21H20N4O3. The quantitative estimate of drug-likeness (QED) is 0.472. The molecule has 3 aromatic rings. The molecule has 1 saturated heterocycles. The normalized spacial score (nSPS) is 15.9. The van der Waals surface area contributed by atoms with E-state index >= 15 is 0 Å². The van der Waals surface area contributed by atoms with E-state index in [4.69, 9.17) is 5.21 Å². The Labute approximate surface area is 162 Å². The van der Waals surface area contributed by atoms with E-state index in [0.29, 0.717) is 18.5 Å². The lowest BCUT2D eigenvalue weighted by Gasteiger charge is -2.30. The predicted octanol–water partition coefficient (Wildman–Crippen LogP) is 2.62. The number of aromatic nitrogens is 1. The third-order valence-corrected chi connectivity index (χ3v) is 4.85. The molecule has 0 radical (unpaired) electrons. The third kappa shape index (κ3) is 3.35. The summed E-state index contributed by atoms with van der Waals surface area (Å²) in [7, 11) is 0. The predicted molar refractivity (Wildman–Crippen MR) is 105 cm³/mol. The van der Waals surface area contributed by atoms with Crippen LogP contribution in [0.15, 0.2) is 73.1 Å². The lowest BCUT2D eigenvalue weighted by atomic mass is 10.1. The van der Waals surface area contributed by atoms with Crippen LogP contribution >= 0.6 is 0 Å². The van der Waals surface area contributed by atoms with Crippen LogP contribution in [0.25, 0.3) is 5.69 Å². The first-order valence-electron chi connectivity index (χ1n) is 9.02. The third-order valence-electron chi connectivity index (χ3n) is 4.85. The fourth-order valence-electron chi connectivity index (χ4n) is 3.48. The van der Waals surface area contributed by atoms with Crippen LogP contribution in [-0.2, 0) is 4.79 Å².